The van der Waals surface area contributed by atoms with Crippen LogP contribution in [0.5, 0.6) is 17.6 Å². The van der Waals surface area contributed by atoms with Gasteiger partial charge in [0.2, 0.25) is 5.88 Å². The van der Waals surface area contributed by atoms with Crippen LogP contribution in [0, 0.1) is 67.6 Å². The van der Waals surface area contributed by atoms with E-state index in [1.54, 1.807) is 115 Å². The number of carbonyl (C=O) groups is 3. The average molecular weight is 1290 g/mol. The maximum atomic E-state index is 14.9. The van der Waals surface area contributed by atoms with Gasteiger partial charge in [0.15, 0.2) is 29.1 Å². The molecule has 3 saturated carbocycles. The Bertz CT molecular complexity index is 4260. The van der Waals surface area contributed by atoms with Gasteiger partial charge in [-0.3, -0.25) is 14.4 Å². The lowest BCUT2D eigenvalue weighted by molar-refractivity contribution is -0.0326. The Labute approximate surface area is 545 Å². The summed E-state index contributed by atoms with van der Waals surface area (Å²) in [6.45, 7) is 7.24. The zero-order valence-electron chi connectivity index (χ0n) is 52.3. The fraction of sp³-hybridized carbons (Fsp3) is 0.333. The normalized spacial score (nSPS) is 22.2. The molecule has 6 aromatic heterocycles. The molecule has 0 spiro atoms. The molecule has 6 aliphatic heterocycles. The lowest BCUT2D eigenvalue weighted by Crippen LogP contribution is -2.59. The van der Waals surface area contributed by atoms with Crippen molar-refractivity contribution in [1.29, 1.82) is 0 Å². The summed E-state index contributed by atoms with van der Waals surface area (Å²) in [5.74, 6) is -1.17. The number of aryl methyl sites for hydroxylation is 3. The standard InChI is InChI=1S/2C24H22F2N4O2.C24H23FN4O2/c1-14-9-19(26)23(29-12-14)32-21-10-15-3-6-20(21)30(13-15)24(31)17-5-4-16(25)11-18(17)22-27-7-2-8-28-22;1-14-9-19(26)23(29-12-14)32-21-10-15-3-6-20(21)30(13-15)24(31)18-11-16(25)4-5-17(18)22-27-7-2-8-28-22;1-15-6-9-21(28-13-15)31-20-12-16-7-8-19(20)29(14-16)24(30)22-17(4-2-5-18(22)25)23-26-10-3-11-27-23/h2*2,4-5,7-9,11-12,15,20-21H,3,6,10,13H2,1H3;2-6,9-11,13,16,19-20H,7-8,12,14H2,1H3. The first-order chi connectivity index (χ1) is 46.1. The van der Waals surface area contributed by atoms with E-state index in [0.29, 0.717) is 76.5 Å². The minimum absolute atomic E-state index is 0.0217. The van der Waals surface area contributed by atoms with Crippen molar-refractivity contribution < 1.29 is 50.5 Å². The molecule has 18 nitrogen and oxygen atoms in total. The maximum absolute atomic E-state index is 14.9. The van der Waals surface area contributed by atoms with E-state index in [2.05, 4.69) is 44.9 Å². The van der Waals surface area contributed by atoms with Crippen LogP contribution in [0.3, 0.4) is 0 Å². The van der Waals surface area contributed by atoms with Crippen LogP contribution in [-0.2, 0) is 0 Å². The molecule has 3 amide bonds. The third-order valence-corrected chi connectivity index (χ3v) is 18.6. The molecule has 9 unspecified atom stereocenters. The summed E-state index contributed by atoms with van der Waals surface area (Å²) in [5, 5.41) is 0. The minimum atomic E-state index is -0.561. The van der Waals surface area contributed by atoms with Crippen molar-refractivity contribution in [2.45, 2.75) is 115 Å². The molecule has 3 aromatic carbocycles. The van der Waals surface area contributed by atoms with E-state index in [1.807, 2.05) is 19.1 Å². The molecule has 9 aromatic rings. The van der Waals surface area contributed by atoms with Crippen molar-refractivity contribution in [3.8, 4) is 51.8 Å². The van der Waals surface area contributed by atoms with Crippen LogP contribution in [0.1, 0.15) is 106 Å². The van der Waals surface area contributed by atoms with Crippen molar-refractivity contribution in [2.75, 3.05) is 19.6 Å². The second-order valence-electron chi connectivity index (χ2n) is 25.1. The molecule has 12 heterocycles. The van der Waals surface area contributed by atoms with Gasteiger partial charge in [0.1, 0.15) is 35.8 Å². The van der Waals surface area contributed by atoms with Crippen LogP contribution in [0.4, 0.5) is 22.0 Å². The highest BCUT2D eigenvalue weighted by Gasteiger charge is 2.48. The summed E-state index contributed by atoms with van der Waals surface area (Å²) >= 11 is 0. The Morgan fingerprint density at radius 3 is 1.35 bits per heavy atom. The Kier molecular flexibility index (Phi) is 18.6. The monoisotopic (exact) mass is 1290 g/mol. The zero-order valence-corrected chi connectivity index (χ0v) is 52.3. The lowest BCUT2D eigenvalue weighted by Gasteiger charge is -2.49. The topological polar surface area (TPSA) is 205 Å². The number of fused-ring (bicyclic) bond motifs is 9. The number of rotatable bonds is 12. The molecule has 0 radical (unpaired) electrons. The molecular formula is C72H67F5N12O6. The predicted molar refractivity (Wildman–Crippen MR) is 339 cm³/mol. The fourth-order valence-electron chi connectivity index (χ4n) is 14.1. The quantitative estimate of drug-likeness (QED) is 0.104. The molecule has 18 rings (SSSR count). The van der Waals surface area contributed by atoms with E-state index in [0.717, 1.165) is 63.4 Å². The van der Waals surface area contributed by atoms with Crippen LogP contribution in [0.15, 0.2) is 153 Å². The Morgan fingerprint density at radius 2 is 0.853 bits per heavy atom. The number of pyridine rings is 3. The van der Waals surface area contributed by atoms with Gasteiger partial charge in [0, 0.05) is 98.2 Å². The van der Waals surface area contributed by atoms with Crippen LogP contribution in [0.25, 0.3) is 34.2 Å². The summed E-state index contributed by atoms with van der Waals surface area (Å²) in [6, 6.07) is 23.7. The number of carbonyl (C=O) groups excluding carboxylic acids is 3. The average Bonchev–Trinajstić information content (AvgIpc) is 0.792. The summed E-state index contributed by atoms with van der Waals surface area (Å²) in [5.41, 5.74) is 4.28. The Hall–Kier alpha value is -10.2. The van der Waals surface area contributed by atoms with E-state index in [1.165, 1.54) is 54.6 Å². The molecular weight excluding hydrogens is 1220 g/mol. The zero-order chi connectivity index (χ0) is 65.9. The molecule has 9 fully saturated rings. The summed E-state index contributed by atoms with van der Waals surface area (Å²) < 4.78 is 89.8. The van der Waals surface area contributed by atoms with Gasteiger partial charge in [0.25, 0.3) is 29.5 Å². The number of aromatic nitrogens is 9. The summed E-state index contributed by atoms with van der Waals surface area (Å²) in [4.78, 5) is 83.9. The number of amides is 3. The van der Waals surface area contributed by atoms with E-state index in [9.17, 15) is 36.3 Å². The first-order valence-corrected chi connectivity index (χ1v) is 31.9. The van der Waals surface area contributed by atoms with Crippen LogP contribution < -0.4 is 14.2 Å². The predicted octanol–water partition coefficient (Wildman–Crippen LogP) is 12.5. The molecule has 95 heavy (non-hydrogen) atoms. The number of piperidine rings is 6. The summed E-state index contributed by atoms with van der Waals surface area (Å²) in [7, 11) is 0. The van der Waals surface area contributed by atoms with Crippen molar-refractivity contribution in [2.24, 2.45) is 17.8 Å². The van der Waals surface area contributed by atoms with E-state index < -0.39 is 29.1 Å². The van der Waals surface area contributed by atoms with Gasteiger partial charge < -0.3 is 28.9 Å². The molecule has 23 heteroatoms. The van der Waals surface area contributed by atoms with Crippen molar-refractivity contribution in [3.05, 3.63) is 215 Å². The first-order valence-electron chi connectivity index (χ1n) is 31.9. The maximum Gasteiger partial charge on any atom is 0.257 e. The second-order valence-corrected chi connectivity index (χ2v) is 25.1. The first kappa shape index (κ1) is 63.6. The van der Waals surface area contributed by atoms with Gasteiger partial charge in [-0.15, -0.1) is 0 Å². The smallest absolute Gasteiger partial charge is 0.257 e. The number of halogens is 5. The van der Waals surface area contributed by atoms with E-state index in [4.69, 9.17) is 14.2 Å². The van der Waals surface area contributed by atoms with Gasteiger partial charge >= 0.3 is 0 Å². The second kappa shape index (κ2) is 27.8. The number of hydrogen-bond acceptors (Lipinski definition) is 15. The fourth-order valence-corrected chi connectivity index (χ4v) is 14.1. The SMILES string of the molecule is Cc1ccc(OC2CC3CCC2N(C(=O)c2c(F)cccc2-c2ncccn2)C3)nc1.Cc1cnc(OC2CC3CCC2N(C(=O)c2cc(F)ccc2-c2ncccn2)C3)c(F)c1.Cc1cnc(OC2CC3CCC2N(C(=O)c2ccc(F)cc2-c2ncccn2)C3)c(F)c1. The van der Waals surface area contributed by atoms with Crippen molar-refractivity contribution in [3.63, 3.8) is 0 Å². The van der Waals surface area contributed by atoms with Crippen molar-refractivity contribution >= 4 is 17.7 Å². The highest BCUT2D eigenvalue weighted by atomic mass is 19.1. The molecule has 9 atom stereocenters. The van der Waals surface area contributed by atoms with Crippen LogP contribution >= 0.6 is 0 Å². The molecule has 6 saturated heterocycles. The lowest BCUT2D eigenvalue weighted by atomic mass is 9.77. The highest BCUT2D eigenvalue weighted by Crippen LogP contribution is 2.43. The van der Waals surface area contributed by atoms with Gasteiger partial charge in [-0.2, -0.15) is 0 Å². The van der Waals surface area contributed by atoms with Gasteiger partial charge in [-0.05, 0) is 186 Å². The van der Waals surface area contributed by atoms with Gasteiger partial charge in [-0.25, -0.2) is 66.8 Å². The van der Waals surface area contributed by atoms with Gasteiger partial charge in [0.05, 0.1) is 34.8 Å². The molecule has 0 N–H and O–H groups in total. The Morgan fingerprint density at radius 1 is 0.400 bits per heavy atom. The third kappa shape index (κ3) is 13.9. The number of benzene rings is 3. The largest absolute Gasteiger partial charge is 0.472 e. The van der Waals surface area contributed by atoms with Crippen molar-refractivity contribution in [1.82, 2.24) is 59.6 Å². The number of hydrogen-bond donors (Lipinski definition) is 0. The van der Waals surface area contributed by atoms with E-state index in [-0.39, 0.29) is 94.7 Å². The minimum Gasteiger partial charge on any atom is -0.472 e. The van der Waals surface area contributed by atoms with Crippen LogP contribution in [-0.4, -0.2) is 133 Å². The summed E-state index contributed by atoms with van der Waals surface area (Å²) in [6.07, 6.45) is 21.1. The van der Waals surface area contributed by atoms with Gasteiger partial charge in [-0.1, -0.05) is 18.2 Å². The molecule has 3 aliphatic carbocycles. The number of ether oxygens (including phenoxy) is 3. The van der Waals surface area contributed by atoms with E-state index >= 15 is 0 Å². The highest BCUT2D eigenvalue weighted by molar-refractivity contribution is 6.02. The molecule has 486 valence electrons. The molecule has 6 bridgehead atoms. The molecule has 9 aliphatic rings. The number of nitrogens with zero attached hydrogens (tertiary/aromatic N) is 12. The third-order valence-electron chi connectivity index (χ3n) is 18.6. The van der Waals surface area contributed by atoms with Crippen LogP contribution in [0.2, 0.25) is 0 Å². The Balaban J connectivity index is 0.000000129.